The molecule has 1 nitrogen and oxygen atoms in total. The van der Waals surface area contributed by atoms with Gasteiger partial charge in [0, 0.05) is 5.75 Å². The zero-order valence-corrected chi connectivity index (χ0v) is 9.42. The molecule has 2 N–H and O–H groups in total. The van der Waals surface area contributed by atoms with Gasteiger partial charge in [-0.25, -0.2) is 0 Å². The highest BCUT2D eigenvalue weighted by Crippen LogP contribution is 2.49. The average molecular weight is 233 g/mol. The number of rotatable bonds is 0. The second kappa shape index (κ2) is 4.09. The summed E-state index contributed by atoms with van der Waals surface area (Å²) in [6.45, 7) is 0. The zero-order chi connectivity index (χ0) is 8.39. The molecule has 0 aromatic carbocycles. The van der Waals surface area contributed by atoms with Gasteiger partial charge in [0.15, 0.2) is 0 Å². The van der Waals surface area contributed by atoms with E-state index in [2.05, 4.69) is 16.9 Å². The van der Waals surface area contributed by atoms with Crippen LogP contribution in [0.1, 0.15) is 0 Å². The molecular formula is C7H7NS4. The molecule has 0 fully saturated rings. The summed E-state index contributed by atoms with van der Waals surface area (Å²) in [5.74, 6) is 1.01. The average Bonchev–Trinajstić information content (AvgIpc) is 2.56. The molecule has 64 valence electrons. The van der Waals surface area contributed by atoms with Crippen molar-refractivity contribution in [2.45, 2.75) is 0 Å². The van der Waals surface area contributed by atoms with E-state index in [-0.39, 0.29) is 0 Å². The Morgan fingerprint density at radius 1 is 1.17 bits per heavy atom. The Balaban J connectivity index is 2.14. The van der Waals surface area contributed by atoms with Crippen LogP contribution in [-0.4, -0.2) is 5.75 Å². The minimum Gasteiger partial charge on any atom is -0.393 e. The molecular weight excluding hydrogens is 226 g/mol. The van der Waals surface area contributed by atoms with Crippen molar-refractivity contribution in [1.82, 2.24) is 0 Å². The number of hydrogen-bond donors (Lipinski definition) is 1. The molecule has 2 heterocycles. The zero-order valence-electron chi connectivity index (χ0n) is 6.15. The predicted octanol–water partition coefficient (Wildman–Crippen LogP) is 3.34. The monoisotopic (exact) mass is 233 g/mol. The van der Waals surface area contributed by atoms with Gasteiger partial charge >= 0.3 is 0 Å². The fraction of sp³-hybridized carbons (Fsp3) is 0.143. The van der Waals surface area contributed by atoms with Crippen LogP contribution >= 0.6 is 47.0 Å². The van der Waals surface area contributed by atoms with Gasteiger partial charge in [0.1, 0.15) is 0 Å². The van der Waals surface area contributed by atoms with Crippen molar-refractivity contribution in [2.24, 2.45) is 5.73 Å². The van der Waals surface area contributed by atoms with Gasteiger partial charge in [-0.05, 0) is 16.9 Å². The molecule has 0 spiro atoms. The second-order valence-corrected chi connectivity index (χ2v) is 6.57. The van der Waals surface area contributed by atoms with Crippen LogP contribution in [0.3, 0.4) is 0 Å². The van der Waals surface area contributed by atoms with Crippen molar-refractivity contribution in [1.29, 1.82) is 0 Å². The van der Waals surface area contributed by atoms with Crippen LogP contribution in [-0.2, 0) is 0 Å². The predicted molar refractivity (Wildman–Crippen MR) is 63.7 cm³/mol. The van der Waals surface area contributed by atoms with Crippen molar-refractivity contribution in [2.75, 3.05) is 5.75 Å². The van der Waals surface area contributed by atoms with Crippen LogP contribution in [0.4, 0.5) is 0 Å². The summed E-state index contributed by atoms with van der Waals surface area (Å²) < 4.78 is 2.73. The highest BCUT2D eigenvalue weighted by molar-refractivity contribution is 8.32. The molecule has 0 radical (unpaired) electrons. The molecule has 2 rings (SSSR count). The highest BCUT2D eigenvalue weighted by Gasteiger charge is 2.15. The first-order chi connectivity index (χ1) is 5.86. The Hall–Kier alpha value is 0.420. The first kappa shape index (κ1) is 8.99. The third-order valence-corrected chi connectivity index (χ3v) is 6.12. The fourth-order valence-electron chi connectivity index (χ4n) is 0.781. The van der Waals surface area contributed by atoms with Gasteiger partial charge < -0.3 is 5.73 Å². The molecule has 2 aliphatic heterocycles. The normalized spacial score (nSPS) is 23.2. The number of nitrogens with two attached hydrogens (primary N) is 1. The lowest BCUT2D eigenvalue weighted by molar-refractivity contribution is 1.51. The Morgan fingerprint density at radius 3 is 2.58 bits per heavy atom. The molecule has 0 aromatic rings. The minimum atomic E-state index is 0.935. The summed E-state index contributed by atoms with van der Waals surface area (Å²) in [5.41, 5.74) is 5.73. The smallest absolute Gasteiger partial charge is 0.0691 e. The van der Waals surface area contributed by atoms with E-state index in [9.17, 15) is 0 Å². The van der Waals surface area contributed by atoms with Crippen molar-refractivity contribution >= 4 is 47.0 Å². The minimum absolute atomic E-state index is 0.935. The van der Waals surface area contributed by atoms with E-state index in [0.717, 1.165) is 10.8 Å². The van der Waals surface area contributed by atoms with Crippen LogP contribution < -0.4 is 5.73 Å². The second-order valence-electron chi connectivity index (χ2n) is 2.10. The van der Waals surface area contributed by atoms with E-state index in [0.29, 0.717) is 0 Å². The van der Waals surface area contributed by atoms with Gasteiger partial charge in [-0.1, -0.05) is 35.3 Å². The van der Waals surface area contributed by atoms with E-state index < -0.39 is 0 Å². The van der Waals surface area contributed by atoms with E-state index in [4.69, 9.17) is 5.73 Å². The summed E-state index contributed by atoms with van der Waals surface area (Å²) >= 11 is 7.13. The third-order valence-electron chi connectivity index (χ3n) is 1.28. The molecule has 5 heteroatoms. The summed E-state index contributed by atoms with van der Waals surface area (Å²) in [5, 5.41) is 5.16. The maximum absolute atomic E-state index is 5.73. The summed E-state index contributed by atoms with van der Waals surface area (Å²) in [4.78, 5) is 0. The molecule has 0 amide bonds. The Labute approximate surface area is 88.7 Å². The quantitative estimate of drug-likeness (QED) is 0.692. The summed E-state index contributed by atoms with van der Waals surface area (Å²) in [6.07, 6.45) is 2.07. The highest BCUT2D eigenvalue weighted by atomic mass is 32.2. The molecule has 0 aliphatic carbocycles. The van der Waals surface area contributed by atoms with Crippen LogP contribution in [0.25, 0.3) is 0 Å². The lowest BCUT2D eigenvalue weighted by atomic mass is 10.7. The largest absolute Gasteiger partial charge is 0.393 e. The van der Waals surface area contributed by atoms with E-state index in [1.165, 1.54) is 8.47 Å². The van der Waals surface area contributed by atoms with Crippen LogP contribution in [0, 0.1) is 0 Å². The number of thioether (sulfide) groups is 4. The Morgan fingerprint density at radius 2 is 1.92 bits per heavy atom. The van der Waals surface area contributed by atoms with Gasteiger partial charge in [-0.3, -0.25) is 0 Å². The van der Waals surface area contributed by atoms with E-state index in [1.54, 1.807) is 35.3 Å². The van der Waals surface area contributed by atoms with Crippen molar-refractivity contribution in [3.63, 3.8) is 0 Å². The fourth-order valence-corrected chi connectivity index (χ4v) is 5.23. The first-order valence-electron chi connectivity index (χ1n) is 3.35. The van der Waals surface area contributed by atoms with Crippen molar-refractivity contribution in [3.8, 4) is 0 Å². The lowest BCUT2D eigenvalue weighted by Crippen LogP contribution is -1.97. The van der Waals surface area contributed by atoms with E-state index >= 15 is 0 Å². The van der Waals surface area contributed by atoms with Crippen LogP contribution in [0.15, 0.2) is 30.4 Å². The maximum Gasteiger partial charge on any atom is 0.0691 e. The van der Waals surface area contributed by atoms with Gasteiger partial charge in [-0.2, -0.15) is 0 Å². The van der Waals surface area contributed by atoms with Gasteiger partial charge in [0.05, 0.1) is 13.5 Å². The third kappa shape index (κ3) is 2.02. The van der Waals surface area contributed by atoms with Gasteiger partial charge in [0.2, 0.25) is 0 Å². The molecule has 0 aromatic heterocycles. The molecule has 0 bridgehead atoms. The molecule has 12 heavy (non-hydrogen) atoms. The Kier molecular flexibility index (Phi) is 3.06. The molecule has 0 saturated carbocycles. The van der Waals surface area contributed by atoms with Gasteiger partial charge in [0.25, 0.3) is 0 Å². The molecule has 2 aliphatic rings. The first-order valence-corrected chi connectivity index (χ1v) is 6.91. The van der Waals surface area contributed by atoms with Crippen molar-refractivity contribution < 1.29 is 0 Å². The summed E-state index contributed by atoms with van der Waals surface area (Å²) in [7, 11) is 0. The summed E-state index contributed by atoms with van der Waals surface area (Å²) in [6, 6.07) is 0. The van der Waals surface area contributed by atoms with Crippen LogP contribution in [0.5, 0.6) is 0 Å². The Bertz CT molecular complexity index is 269. The molecule has 0 saturated heterocycles. The van der Waals surface area contributed by atoms with E-state index in [1.807, 2.05) is 11.8 Å². The molecule has 0 unspecified atom stereocenters. The molecule has 0 atom stereocenters. The lowest BCUT2D eigenvalue weighted by Gasteiger charge is -2.12. The maximum atomic E-state index is 5.73. The SMILES string of the molecule is NC1=CCSC(=C2SC=CS2)S1. The standard InChI is InChI=1S/C7H7NS4/c8-5-1-2-9-7(12-5)6-10-3-4-11-6/h1,3-4H,2,8H2. The topological polar surface area (TPSA) is 26.0 Å². The number of hydrogen-bond acceptors (Lipinski definition) is 5. The van der Waals surface area contributed by atoms with Crippen LogP contribution in [0.2, 0.25) is 0 Å². The van der Waals surface area contributed by atoms with Crippen molar-refractivity contribution in [3.05, 3.63) is 30.4 Å². The van der Waals surface area contributed by atoms with Gasteiger partial charge in [-0.15, -0.1) is 11.8 Å².